The van der Waals surface area contributed by atoms with Crippen molar-refractivity contribution in [3.8, 4) is 0 Å². The molecule has 1 heterocycles. The van der Waals surface area contributed by atoms with E-state index < -0.39 is 0 Å². The van der Waals surface area contributed by atoms with Crippen molar-refractivity contribution in [3.05, 3.63) is 51.5 Å². The lowest BCUT2D eigenvalue weighted by Crippen LogP contribution is -2.25. The Morgan fingerprint density at radius 3 is 2.72 bits per heavy atom. The smallest absolute Gasteiger partial charge is 0.263 e. The third kappa shape index (κ3) is 6.96. The van der Waals surface area contributed by atoms with E-state index in [-0.39, 0.29) is 5.91 Å². The predicted molar refractivity (Wildman–Crippen MR) is 103 cm³/mol. The van der Waals surface area contributed by atoms with Crippen molar-refractivity contribution in [2.45, 2.75) is 40.0 Å². The zero-order chi connectivity index (χ0) is 18.1. The third-order valence-corrected chi connectivity index (χ3v) is 4.94. The fraction of sp³-hybridized carbons (Fsp3) is 0.500. The van der Waals surface area contributed by atoms with Crippen LogP contribution in [0.1, 0.15) is 46.2 Å². The van der Waals surface area contributed by atoms with Gasteiger partial charge in [-0.3, -0.25) is 4.79 Å². The number of aromatic nitrogens is 1. The normalized spacial score (nSPS) is 11.0. The maximum Gasteiger partial charge on any atom is 0.263 e. The highest BCUT2D eigenvalue weighted by Gasteiger charge is 2.15. The van der Waals surface area contributed by atoms with Gasteiger partial charge in [0.05, 0.1) is 17.3 Å². The van der Waals surface area contributed by atoms with Gasteiger partial charge in [0.25, 0.3) is 5.91 Å². The van der Waals surface area contributed by atoms with Crippen LogP contribution in [0.25, 0.3) is 0 Å². The lowest BCUT2D eigenvalue weighted by atomic mass is 10.1. The van der Waals surface area contributed by atoms with Gasteiger partial charge in [-0.05, 0) is 31.2 Å². The monoisotopic (exact) mass is 360 g/mol. The van der Waals surface area contributed by atoms with Crippen molar-refractivity contribution in [3.63, 3.8) is 0 Å². The van der Waals surface area contributed by atoms with Crippen LogP contribution in [0.5, 0.6) is 0 Å². The Hall–Kier alpha value is -1.72. The molecule has 0 aliphatic carbocycles. The van der Waals surface area contributed by atoms with Crippen LogP contribution in [-0.2, 0) is 17.6 Å². The number of thiazole rings is 1. The number of amides is 1. The number of benzene rings is 1. The van der Waals surface area contributed by atoms with E-state index in [1.54, 1.807) is 0 Å². The average Bonchev–Trinajstić information content (AvgIpc) is 2.94. The number of carbonyl (C=O) groups is 1. The molecule has 0 unspecified atom stereocenters. The van der Waals surface area contributed by atoms with Gasteiger partial charge in [0.2, 0.25) is 0 Å². The van der Waals surface area contributed by atoms with Crippen molar-refractivity contribution in [2.24, 2.45) is 5.92 Å². The Labute approximate surface area is 154 Å². The van der Waals surface area contributed by atoms with Gasteiger partial charge in [-0.25, -0.2) is 4.98 Å². The summed E-state index contributed by atoms with van der Waals surface area (Å²) in [7, 11) is 0. The number of nitrogens with one attached hydrogen (secondary N) is 1. The molecule has 0 aliphatic heterocycles. The first-order valence-electron chi connectivity index (χ1n) is 8.92. The zero-order valence-electron chi connectivity index (χ0n) is 15.4. The molecule has 0 atom stereocenters. The first kappa shape index (κ1) is 19.6. The molecule has 4 nitrogen and oxygen atoms in total. The van der Waals surface area contributed by atoms with E-state index in [4.69, 9.17) is 4.74 Å². The van der Waals surface area contributed by atoms with Gasteiger partial charge in [-0.1, -0.05) is 44.2 Å². The van der Waals surface area contributed by atoms with Gasteiger partial charge in [0, 0.05) is 19.6 Å². The second kappa shape index (κ2) is 10.3. The molecule has 1 N–H and O–H groups in total. The molecule has 0 fully saturated rings. The van der Waals surface area contributed by atoms with Gasteiger partial charge >= 0.3 is 0 Å². The molecule has 1 aromatic carbocycles. The number of ether oxygens (including phenoxy) is 1. The summed E-state index contributed by atoms with van der Waals surface area (Å²) in [5, 5.41) is 4.01. The molecule has 0 saturated heterocycles. The molecule has 2 aromatic rings. The van der Waals surface area contributed by atoms with E-state index >= 15 is 0 Å². The first-order valence-corrected chi connectivity index (χ1v) is 9.74. The van der Waals surface area contributed by atoms with Crippen LogP contribution in [0.15, 0.2) is 30.3 Å². The molecule has 1 aromatic heterocycles. The molecule has 0 bridgehead atoms. The standard InChI is InChI=1S/C20H28N2O2S/c1-15(2)14-18-22-16(3)19(25-18)20(23)21-11-7-12-24-13-10-17-8-5-4-6-9-17/h4-6,8-9,15H,7,10-14H2,1-3H3,(H,21,23). The van der Waals surface area contributed by atoms with Crippen molar-refractivity contribution >= 4 is 17.2 Å². The minimum absolute atomic E-state index is 0.0192. The van der Waals surface area contributed by atoms with E-state index in [0.29, 0.717) is 25.7 Å². The minimum Gasteiger partial charge on any atom is -0.381 e. The number of hydrogen-bond donors (Lipinski definition) is 1. The molecule has 0 radical (unpaired) electrons. The van der Waals surface area contributed by atoms with Crippen molar-refractivity contribution in [1.29, 1.82) is 0 Å². The lowest BCUT2D eigenvalue weighted by Gasteiger charge is -2.06. The molecule has 136 valence electrons. The largest absolute Gasteiger partial charge is 0.381 e. The molecule has 1 amide bonds. The van der Waals surface area contributed by atoms with Gasteiger partial charge in [-0.2, -0.15) is 0 Å². The summed E-state index contributed by atoms with van der Waals surface area (Å²) in [4.78, 5) is 17.5. The lowest BCUT2D eigenvalue weighted by molar-refractivity contribution is 0.0945. The van der Waals surface area contributed by atoms with Crippen molar-refractivity contribution < 1.29 is 9.53 Å². The summed E-state index contributed by atoms with van der Waals surface area (Å²) < 4.78 is 5.64. The second-order valence-electron chi connectivity index (χ2n) is 6.58. The molecule has 2 rings (SSSR count). The van der Waals surface area contributed by atoms with Gasteiger partial charge in [-0.15, -0.1) is 11.3 Å². The highest BCUT2D eigenvalue weighted by molar-refractivity contribution is 7.13. The molecular formula is C20H28N2O2S. The highest BCUT2D eigenvalue weighted by atomic mass is 32.1. The maximum absolute atomic E-state index is 12.3. The SMILES string of the molecule is Cc1nc(CC(C)C)sc1C(=O)NCCCOCCc1ccccc1. The van der Waals surface area contributed by atoms with Crippen LogP contribution in [0.2, 0.25) is 0 Å². The maximum atomic E-state index is 12.3. The van der Waals surface area contributed by atoms with E-state index in [2.05, 4.69) is 36.3 Å². The van der Waals surface area contributed by atoms with E-state index in [1.807, 2.05) is 25.1 Å². The van der Waals surface area contributed by atoms with Gasteiger partial charge in [0.15, 0.2) is 0 Å². The quantitative estimate of drug-likeness (QED) is 0.651. The summed E-state index contributed by atoms with van der Waals surface area (Å²) in [6.07, 6.45) is 2.66. The molecule has 0 saturated carbocycles. The molecular weight excluding hydrogens is 332 g/mol. The molecule has 0 aliphatic rings. The third-order valence-electron chi connectivity index (χ3n) is 3.76. The van der Waals surface area contributed by atoms with Crippen LogP contribution < -0.4 is 5.32 Å². The van der Waals surface area contributed by atoms with Crippen molar-refractivity contribution in [1.82, 2.24) is 10.3 Å². The number of hydrogen-bond acceptors (Lipinski definition) is 4. The second-order valence-corrected chi connectivity index (χ2v) is 7.66. The van der Waals surface area contributed by atoms with Crippen LogP contribution >= 0.6 is 11.3 Å². The average molecular weight is 361 g/mol. The summed E-state index contributed by atoms with van der Waals surface area (Å²) in [5.41, 5.74) is 2.12. The number of nitrogens with zero attached hydrogens (tertiary/aromatic N) is 1. The van der Waals surface area contributed by atoms with E-state index in [1.165, 1.54) is 16.9 Å². The Bertz CT molecular complexity index is 653. The first-order chi connectivity index (χ1) is 12.1. The van der Waals surface area contributed by atoms with E-state index in [0.717, 1.165) is 34.8 Å². The number of carbonyl (C=O) groups excluding carboxylic acids is 1. The summed E-state index contributed by atoms with van der Waals surface area (Å²) in [6.45, 7) is 8.23. The Kier molecular flexibility index (Phi) is 8.09. The van der Waals surface area contributed by atoms with Gasteiger partial charge < -0.3 is 10.1 Å². The Morgan fingerprint density at radius 1 is 1.24 bits per heavy atom. The summed E-state index contributed by atoms with van der Waals surface area (Å²) >= 11 is 1.51. The van der Waals surface area contributed by atoms with E-state index in [9.17, 15) is 4.79 Å². The van der Waals surface area contributed by atoms with Crippen LogP contribution in [0, 0.1) is 12.8 Å². The fourth-order valence-corrected chi connectivity index (χ4v) is 3.69. The van der Waals surface area contributed by atoms with Crippen molar-refractivity contribution in [2.75, 3.05) is 19.8 Å². The Balaban J connectivity index is 1.61. The minimum atomic E-state index is -0.0192. The zero-order valence-corrected chi connectivity index (χ0v) is 16.2. The molecule has 25 heavy (non-hydrogen) atoms. The molecule has 0 spiro atoms. The molecule has 5 heteroatoms. The fourth-order valence-electron chi connectivity index (χ4n) is 2.49. The number of aryl methyl sites for hydroxylation is 1. The predicted octanol–water partition coefficient (Wildman–Crippen LogP) is 4.03. The van der Waals surface area contributed by atoms with Crippen LogP contribution in [0.4, 0.5) is 0 Å². The van der Waals surface area contributed by atoms with Crippen LogP contribution in [-0.4, -0.2) is 30.6 Å². The summed E-state index contributed by atoms with van der Waals surface area (Å²) in [6, 6.07) is 10.3. The summed E-state index contributed by atoms with van der Waals surface area (Å²) in [5.74, 6) is 0.531. The van der Waals surface area contributed by atoms with Crippen LogP contribution in [0.3, 0.4) is 0 Å². The Morgan fingerprint density at radius 2 is 2.00 bits per heavy atom. The topological polar surface area (TPSA) is 51.2 Å². The highest BCUT2D eigenvalue weighted by Crippen LogP contribution is 2.20. The number of rotatable bonds is 10. The van der Waals surface area contributed by atoms with Gasteiger partial charge in [0.1, 0.15) is 4.88 Å².